The molecule has 6 atom stereocenters. The fraction of sp³-hybridized carbons (Fsp3) is 0.294. The van der Waals surface area contributed by atoms with E-state index in [4.69, 9.17) is 27.8 Å². The second-order valence-corrected chi connectivity index (χ2v) is 20.9. The number of aromatic nitrogens is 15. The van der Waals surface area contributed by atoms with Gasteiger partial charge in [0, 0.05) is 69.0 Å². The fourth-order valence-electron chi connectivity index (χ4n) is 9.38. The Hall–Kier alpha value is -8.46. The van der Waals surface area contributed by atoms with Crippen LogP contribution in [0.2, 0.25) is 0 Å². The predicted molar refractivity (Wildman–Crippen MR) is 284 cm³/mol. The van der Waals surface area contributed by atoms with Gasteiger partial charge in [-0.2, -0.15) is 32.9 Å². The number of hydrogen-bond donors (Lipinski definition) is 4. The summed E-state index contributed by atoms with van der Waals surface area (Å²) < 4.78 is 82.5. The van der Waals surface area contributed by atoms with Gasteiger partial charge in [0.2, 0.25) is 36.7 Å². The topological polar surface area (TPSA) is 315 Å². The van der Waals surface area contributed by atoms with Crippen molar-refractivity contribution in [3.63, 3.8) is 0 Å². The Kier molecular flexibility index (Phi) is 15.3. The number of pyridine rings is 3. The molecule has 9 aromatic rings. The summed E-state index contributed by atoms with van der Waals surface area (Å²) in [6.07, 6.45) is -3.07. The normalized spacial score (nSPS) is 20.1. The number of rotatable bonds is 18. The zero-order valence-electron chi connectivity index (χ0n) is 44.0. The highest BCUT2D eigenvalue weighted by atomic mass is 31.2. The molecule has 6 aromatic heterocycles. The molecule has 9 heterocycles. The van der Waals surface area contributed by atoms with Crippen LogP contribution in [0.5, 0.6) is 0 Å². The molecule has 428 valence electrons. The first kappa shape index (κ1) is 55.1. The van der Waals surface area contributed by atoms with Crippen LogP contribution in [0.4, 0.5) is 30.2 Å². The zero-order chi connectivity index (χ0) is 57.5. The number of anilines is 3. The van der Waals surface area contributed by atoms with Crippen LogP contribution in [0.25, 0.3) is 67.9 Å². The number of nitrogens with zero attached hydrogens (tertiary/aromatic N) is 18. The van der Waals surface area contributed by atoms with Gasteiger partial charge in [0.25, 0.3) is 0 Å². The maximum atomic E-state index is 15.8. The number of hydrogen-bond acceptors (Lipinski definition) is 25. The van der Waals surface area contributed by atoms with E-state index >= 15 is 13.2 Å². The highest BCUT2D eigenvalue weighted by molar-refractivity contribution is 7.55. The van der Waals surface area contributed by atoms with Gasteiger partial charge in [0.1, 0.15) is 72.7 Å². The fourth-order valence-corrected chi connectivity index (χ4v) is 10.7. The van der Waals surface area contributed by atoms with Crippen molar-refractivity contribution in [2.24, 2.45) is 21.1 Å². The van der Waals surface area contributed by atoms with Crippen LogP contribution in [0.1, 0.15) is 0 Å². The molecule has 83 heavy (non-hydrogen) atoms. The van der Waals surface area contributed by atoms with Crippen LogP contribution < -0.4 is 14.7 Å². The third-order valence-corrected chi connectivity index (χ3v) is 14.9. The summed E-state index contributed by atoms with van der Waals surface area (Å²) in [7, 11) is 0.423. The molecule has 4 N–H and O–H groups in total. The van der Waals surface area contributed by atoms with E-state index in [1.165, 1.54) is 84.1 Å². The molecule has 32 heteroatoms. The Morgan fingerprint density at radius 1 is 0.470 bits per heavy atom. The molecular formula is C51H49F3N18O10P+. The summed E-state index contributed by atoms with van der Waals surface area (Å²) >= 11 is 0. The molecule has 0 radical (unpaired) electrons. The molecule has 0 amide bonds. The van der Waals surface area contributed by atoms with Crippen molar-refractivity contribution < 1.29 is 61.2 Å². The minimum Gasteiger partial charge on any atom is -0.351 e. The predicted octanol–water partition coefficient (Wildman–Crippen LogP) is 3.42. The maximum Gasteiger partial charge on any atom is 0.572 e. The quantitative estimate of drug-likeness (QED) is 0.0894. The number of ether oxygens (including phenoxy) is 3. The van der Waals surface area contributed by atoms with Gasteiger partial charge in [0.15, 0.2) is 0 Å². The maximum absolute atomic E-state index is 15.8. The van der Waals surface area contributed by atoms with Gasteiger partial charge in [-0.3, -0.25) is 15.0 Å². The third kappa shape index (κ3) is 11.9. The van der Waals surface area contributed by atoms with E-state index in [1.54, 1.807) is 75.7 Å². The molecule has 12 rings (SSSR count). The Morgan fingerprint density at radius 2 is 0.771 bits per heavy atom. The Labute approximate surface area is 468 Å². The number of aliphatic hydroxyl groups is 3. The van der Waals surface area contributed by atoms with E-state index in [2.05, 4.69) is 61.2 Å². The monoisotopic (exact) mass is 1160 g/mol. The molecule has 28 nitrogen and oxygen atoms in total. The Bertz CT molecular complexity index is 3380. The van der Waals surface area contributed by atoms with Crippen LogP contribution in [0.15, 0.2) is 110 Å². The van der Waals surface area contributed by atoms with Gasteiger partial charge in [-0.1, -0.05) is 18.2 Å². The van der Waals surface area contributed by atoms with Crippen LogP contribution >= 0.6 is 8.17 Å². The lowest BCUT2D eigenvalue weighted by Gasteiger charge is -2.21. The molecule has 0 bridgehead atoms. The van der Waals surface area contributed by atoms with Crippen molar-refractivity contribution in [1.82, 2.24) is 75.6 Å². The molecular weight excluding hydrogens is 1110 g/mol. The Balaban J connectivity index is 0.709. The van der Waals surface area contributed by atoms with Crippen molar-refractivity contribution in [2.75, 3.05) is 54.2 Å². The lowest BCUT2D eigenvalue weighted by molar-refractivity contribution is -0.113. The Morgan fingerprint density at radius 3 is 1.01 bits per heavy atom. The van der Waals surface area contributed by atoms with Crippen LogP contribution in [-0.2, 0) is 48.9 Å². The van der Waals surface area contributed by atoms with Gasteiger partial charge in [-0.25, -0.2) is 13.2 Å². The highest BCUT2D eigenvalue weighted by Crippen LogP contribution is 2.59. The molecule has 0 unspecified atom stereocenters. The number of aryl methyl sites for hydroxylation is 3. The van der Waals surface area contributed by atoms with Crippen LogP contribution in [-0.4, -0.2) is 173 Å². The number of tetrazole rings is 3. The lowest BCUT2D eigenvalue weighted by Crippen LogP contribution is -2.30. The first-order valence-electron chi connectivity index (χ1n) is 25.5. The second-order valence-electron chi connectivity index (χ2n) is 19.2. The summed E-state index contributed by atoms with van der Waals surface area (Å²) in [6, 6.07) is 23.0. The second kappa shape index (κ2) is 23.1. The molecule has 0 spiro atoms. The van der Waals surface area contributed by atoms with Gasteiger partial charge in [-0.15, -0.1) is 30.6 Å². The smallest absolute Gasteiger partial charge is 0.351 e. The van der Waals surface area contributed by atoms with Crippen LogP contribution in [0.3, 0.4) is 0 Å². The van der Waals surface area contributed by atoms with Crippen molar-refractivity contribution in [3.05, 3.63) is 127 Å². The SMILES string of the molecule is Cn1nnc(-c2ccc(-c3ccc(N4C[C@H](CO[P+](O)(OC[C@H]5CN(c6ccc(-c7ccc(-c8nnn(C)n8)nc7)c(F)c6)[C@H](O)O5)OC[C@H]5CN(c6ccc(-c7ccc(-c8nnn(C)n8)nc7)c(F)c6)[C@H](O)O5)O[C@H]4O)cc3F)cn2)n1. The van der Waals surface area contributed by atoms with Gasteiger partial charge < -0.3 is 44.2 Å². The molecule has 3 aliphatic heterocycles. The van der Waals surface area contributed by atoms with E-state index in [9.17, 15) is 20.2 Å². The number of halogens is 3. The summed E-state index contributed by atoms with van der Waals surface area (Å²) in [5.41, 5.74) is 4.27. The van der Waals surface area contributed by atoms with Gasteiger partial charge in [0.05, 0.1) is 40.8 Å². The van der Waals surface area contributed by atoms with Gasteiger partial charge in [-0.05, 0) is 88.4 Å². The van der Waals surface area contributed by atoms with Gasteiger partial charge >= 0.3 is 8.17 Å². The molecule has 3 fully saturated rings. The summed E-state index contributed by atoms with van der Waals surface area (Å²) in [4.78, 5) is 33.2. The molecule has 3 aliphatic rings. The minimum atomic E-state index is -4.45. The minimum absolute atomic E-state index is 0.0455. The third-order valence-electron chi connectivity index (χ3n) is 13.5. The van der Waals surface area contributed by atoms with E-state index in [0.717, 1.165) is 0 Å². The van der Waals surface area contributed by atoms with E-state index in [-0.39, 0.29) is 53.4 Å². The average Bonchev–Trinajstić information content (AvgIpc) is 4.57. The lowest BCUT2D eigenvalue weighted by atomic mass is 10.1. The van der Waals surface area contributed by atoms with Crippen LogP contribution in [0, 0.1) is 17.5 Å². The first-order valence-corrected chi connectivity index (χ1v) is 26.9. The van der Waals surface area contributed by atoms with Crippen molar-refractivity contribution in [3.8, 4) is 67.9 Å². The summed E-state index contributed by atoms with van der Waals surface area (Å²) in [6.45, 7) is -1.43. The molecule has 0 aliphatic carbocycles. The van der Waals surface area contributed by atoms with Crippen molar-refractivity contribution in [2.45, 2.75) is 37.6 Å². The molecule has 0 saturated carbocycles. The number of aliphatic hydroxyl groups excluding tert-OH is 3. The van der Waals surface area contributed by atoms with E-state index in [1.807, 2.05) is 0 Å². The summed E-state index contributed by atoms with van der Waals surface area (Å²) in [5, 5.41) is 68.8. The highest BCUT2D eigenvalue weighted by Gasteiger charge is 2.50. The van der Waals surface area contributed by atoms with E-state index < -0.39 is 83.0 Å². The van der Waals surface area contributed by atoms with E-state index in [0.29, 0.717) is 51.2 Å². The van der Waals surface area contributed by atoms with Crippen molar-refractivity contribution >= 4 is 25.2 Å². The average molecular weight is 1160 g/mol. The first-order chi connectivity index (χ1) is 40.1. The largest absolute Gasteiger partial charge is 0.572 e. The summed E-state index contributed by atoms with van der Waals surface area (Å²) in [5.74, 6) is -0.918. The van der Waals surface area contributed by atoms with Crippen molar-refractivity contribution in [1.29, 1.82) is 0 Å². The molecule has 3 saturated heterocycles. The zero-order valence-corrected chi connectivity index (χ0v) is 44.9. The number of benzene rings is 3. The molecule has 3 aromatic carbocycles. The standard InChI is InChI=1S/C51H49F3N18O10P/c1-67-61-46(58-64-67)43-13-4-28(19-55-43)37-10-7-31(16-40(37)52)70-22-34(80-49(70)73)25-77-83(76,78-26-35-23-71(50(74)81-35)32-8-11-38(41(53)17-32)29-5-14-44(56-20-29)47-59-65-68(2)62-47)79-27-36-24-72(51(75)82-36)33-9-12-39(42(54)18-33)30-6-15-45(57-21-30)48-60-66-69(3)63-48/h4-21,34-36,49-51,73-76H,22-27H2,1-3H3/q+1/t34-,35-,36-,49-,50-,51-/m1/s1.